The number of aromatic nitrogens is 2. The Labute approximate surface area is 194 Å². The number of carboxylic acid groups (broad SMARTS) is 1. The number of aryl methyl sites for hydroxylation is 1. The number of carbonyl (C=O) groups is 2. The molecule has 2 heterocycles. The van der Waals surface area contributed by atoms with Crippen molar-refractivity contribution in [1.82, 2.24) is 14.9 Å². The maximum atomic E-state index is 12.4. The third-order valence-corrected chi connectivity index (χ3v) is 6.41. The van der Waals surface area contributed by atoms with Crippen LogP contribution in [0.25, 0.3) is 11.0 Å². The highest BCUT2D eigenvalue weighted by Gasteiger charge is 2.25. The number of aromatic amines is 1. The first-order valence-electron chi connectivity index (χ1n) is 10.5. The summed E-state index contributed by atoms with van der Waals surface area (Å²) in [7, 11) is 0. The number of aliphatic carboxylic acids is 1. The fourth-order valence-electron chi connectivity index (χ4n) is 4.32. The Bertz CT molecular complexity index is 1150. The SMILES string of the molecule is Cc1nc2c(CBr)c(C(N)=O)c(N3CCN(Cc4ccc(CC(=O)O)cc4)CC3)cc2[nH]1. The van der Waals surface area contributed by atoms with E-state index in [2.05, 4.69) is 35.7 Å². The number of alkyl halides is 1. The summed E-state index contributed by atoms with van der Waals surface area (Å²) in [5.74, 6) is -0.467. The number of carbonyl (C=O) groups excluding carboxylic acids is 1. The first-order chi connectivity index (χ1) is 15.4. The number of halogens is 1. The molecule has 9 heteroatoms. The van der Waals surface area contributed by atoms with Gasteiger partial charge in [0.05, 0.1) is 28.7 Å². The number of benzene rings is 2. The first kappa shape index (κ1) is 22.3. The van der Waals surface area contributed by atoms with E-state index in [0.717, 1.165) is 72.0 Å². The van der Waals surface area contributed by atoms with Gasteiger partial charge in [0, 0.05) is 43.6 Å². The van der Waals surface area contributed by atoms with Crippen LogP contribution in [0.15, 0.2) is 30.3 Å². The lowest BCUT2D eigenvalue weighted by Crippen LogP contribution is -2.46. The Morgan fingerprint density at radius 3 is 2.41 bits per heavy atom. The molecule has 0 saturated carbocycles. The van der Waals surface area contributed by atoms with Crippen LogP contribution in [-0.2, 0) is 23.1 Å². The Morgan fingerprint density at radius 1 is 1.16 bits per heavy atom. The molecule has 1 saturated heterocycles. The van der Waals surface area contributed by atoms with Crippen molar-refractivity contribution in [2.24, 2.45) is 5.73 Å². The predicted octanol–water partition coefficient (Wildman–Crippen LogP) is 2.81. The predicted molar refractivity (Wildman–Crippen MR) is 127 cm³/mol. The van der Waals surface area contributed by atoms with Crippen LogP contribution in [0.3, 0.4) is 0 Å². The molecule has 8 nitrogen and oxygen atoms in total. The number of nitrogens with zero attached hydrogens (tertiary/aromatic N) is 3. The number of H-pyrrole nitrogens is 1. The lowest BCUT2D eigenvalue weighted by molar-refractivity contribution is -0.136. The van der Waals surface area contributed by atoms with E-state index in [0.29, 0.717) is 10.9 Å². The van der Waals surface area contributed by atoms with Crippen LogP contribution in [0.1, 0.15) is 32.9 Å². The van der Waals surface area contributed by atoms with Crippen molar-refractivity contribution < 1.29 is 14.7 Å². The van der Waals surface area contributed by atoms with Gasteiger partial charge in [-0.2, -0.15) is 0 Å². The van der Waals surface area contributed by atoms with Crippen LogP contribution in [0.5, 0.6) is 0 Å². The molecule has 1 aliphatic rings. The van der Waals surface area contributed by atoms with Crippen LogP contribution in [0, 0.1) is 6.92 Å². The fraction of sp³-hybridized carbons (Fsp3) is 0.348. The number of rotatable bonds is 7. The Morgan fingerprint density at radius 2 is 1.81 bits per heavy atom. The van der Waals surface area contributed by atoms with Gasteiger partial charge in [-0.05, 0) is 24.1 Å². The van der Waals surface area contributed by atoms with Gasteiger partial charge in [0.1, 0.15) is 5.82 Å². The van der Waals surface area contributed by atoms with Crippen LogP contribution in [-0.4, -0.2) is 58.0 Å². The van der Waals surface area contributed by atoms with Crippen LogP contribution in [0.4, 0.5) is 5.69 Å². The summed E-state index contributed by atoms with van der Waals surface area (Å²) in [6, 6.07) is 9.72. The Hall–Kier alpha value is -2.91. The zero-order chi connectivity index (χ0) is 22.8. The van der Waals surface area contributed by atoms with Crippen molar-refractivity contribution in [2.75, 3.05) is 31.1 Å². The van der Waals surface area contributed by atoms with E-state index in [4.69, 9.17) is 10.8 Å². The summed E-state index contributed by atoms with van der Waals surface area (Å²) in [6.07, 6.45) is 0.0394. The summed E-state index contributed by atoms with van der Waals surface area (Å²) >= 11 is 3.51. The zero-order valence-corrected chi connectivity index (χ0v) is 19.5. The van der Waals surface area contributed by atoms with Crippen LogP contribution >= 0.6 is 15.9 Å². The maximum Gasteiger partial charge on any atom is 0.307 e. The monoisotopic (exact) mass is 499 g/mol. The van der Waals surface area contributed by atoms with Gasteiger partial charge < -0.3 is 20.7 Å². The number of hydrogen-bond donors (Lipinski definition) is 3. The molecule has 1 aliphatic heterocycles. The molecule has 0 aliphatic carbocycles. The molecule has 4 N–H and O–H groups in total. The summed E-state index contributed by atoms with van der Waals surface area (Å²) in [5.41, 5.74) is 11.6. The minimum atomic E-state index is -0.823. The molecule has 0 unspecified atom stereocenters. The van der Waals surface area contributed by atoms with Crippen molar-refractivity contribution in [2.45, 2.75) is 25.2 Å². The molecule has 4 rings (SSSR count). The lowest BCUT2D eigenvalue weighted by Gasteiger charge is -2.37. The van der Waals surface area contributed by atoms with Gasteiger partial charge in [-0.1, -0.05) is 40.2 Å². The number of primary amides is 1. The van der Waals surface area contributed by atoms with E-state index >= 15 is 0 Å². The number of fused-ring (bicyclic) bond motifs is 1. The van der Waals surface area contributed by atoms with Gasteiger partial charge in [-0.25, -0.2) is 4.98 Å². The number of anilines is 1. The van der Waals surface area contributed by atoms with E-state index in [9.17, 15) is 9.59 Å². The molecule has 0 radical (unpaired) electrons. The third-order valence-electron chi connectivity index (χ3n) is 5.85. The average molecular weight is 500 g/mol. The molecule has 1 amide bonds. The van der Waals surface area contributed by atoms with Crippen molar-refractivity contribution >= 4 is 44.5 Å². The van der Waals surface area contributed by atoms with E-state index in [1.165, 1.54) is 0 Å². The van der Waals surface area contributed by atoms with Gasteiger partial charge in [0.25, 0.3) is 5.91 Å². The first-order valence-corrected chi connectivity index (χ1v) is 11.6. The summed E-state index contributed by atoms with van der Waals surface area (Å²) in [6.45, 7) is 5.94. The summed E-state index contributed by atoms with van der Waals surface area (Å²) < 4.78 is 0. The molecule has 32 heavy (non-hydrogen) atoms. The van der Waals surface area contributed by atoms with Gasteiger partial charge in [0.2, 0.25) is 0 Å². The number of nitrogens with two attached hydrogens (primary N) is 1. The second-order valence-corrected chi connectivity index (χ2v) is 8.68. The number of amides is 1. The molecule has 0 bridgehead atoms. The summed E-state index contributed by atoms with van der Waals surface area (Å²) in [4.78, 5) is 35.6. The Balaban J connectivity index is 1.50. The van der Waals surface area contributed by atoms with Crippen molar-refractivity contribution in [3.05, 3.63) is 58.4 Å². The Kier molecular flexibility index (Phi) is 6.48. The molecule has 168 valence electrons. The van der Waals surface area contributed by atoms with Crippen molar-refractivity contribution in [3.8, 4) is 0 Å². The van der Waals surface area contributed by atoms with Crippen LogP contribution < -0.4 is 10.6 Å². The largest absolute Gasteiger partial charge is 0.481 e. The normalized spacial score (nSPS) is 14.8. The number of carboxylic acids is 1. The fourth-order valence-corrected chi connectivity index (χ4v) is 4.87. The van der Waals surface area contributed by atoms with Crippen LogP contribution in [0.2, 0.25) is 0 Å². The molecule has 0 spiro atoms. The molecule has 1 fully saturated rings. The van der Waals surface area contributed by atoms with E-state index in [1.807, 2.05) is 37.3 Å². The molecule has 0 atom stereocenters. The minimum Gasteiger partial charge on any atom is -0.481 e. The van der Waals surface area contributed by atoms with E-state index in [1.54, 1.807) is 0 Å². The minimum absolute atomic E-state index is 0.0394. The summed E-state index contributed by atoms with van der Waals surface area (Å²) in [5, 5.41) is 9.41. The highest BCUT2D eigenvalue weighted by atomic mass is 79.9. The standard InChI is InChI=1S/C23H26BrN5O3/c1-14-26-18-11-19(21(23(25)32)17(12-24)22(18)27-14)29-8-6-28(7-9-29)13-16-4-2-15(3-5-16)10-20(30)31/h2-5,11H,6-10,12-13H2,1H3,(H2,25,32)(H,26,27)(H,30,31). The smallest absolute Gasteiger partial charge is 0.307 e. The van der Waals surface area contributed by atoms with E-state index in [-0.39, 0.29) is 6.42 Å². The molecule has 3 aromatic rings. The lowest BCUT2D eigenvalue weighted by atomic mass is 10.0. The highest BCUT2D eigenvalue weighted by molar-refractivity contribution is 9.08. The second-order valence-electron chi connectivity index (χ2n) is 8.12. The van der Waals surface area contributed by atoms with E-state index < -0.39 is 11.9 Å². The number of hydrogen-bond acceptors (Lipinski definition) is 5. The number of piperazine rings is 1. The van der Waals surface area contributed by atoms with Gasteiger partial charge in [-0.3, -0.25) is 14.5 Å². The molecular formula is C23H26BrN5O3. The van der Waals surface area contributed by atoms with Gasteiger partial charge >= 0.3 is 5.97 Å². The van der Waals surface area contributed by atoms with Crippen molar-refractivity contribution in [3.63, 3.8) is 0 Å². The molecular weight excluding hydrogens is 474 g/mol. The quantitative estimate of drug-likeness (QED) is 0.430. The third kappa shape index (κ3) is 4.63. The van der Waals surface area contributed by atoms with Gasteiger partial charge in [-0.15, -0.1) is 0 Å². The van der Waals surface area contributed by atoms with Gasteiger partial charge in [0.15, 0.2) is 0 Å². The average Bonchev–Trinajstić information content (AvgIpc) is 3.13. The highest BCUT2D eigenvalue weighted by Crippen LogP contribution is 2.33. The van der Waals surface area contributed by atoms with Crippen molar-refractivity contribution in [1.29, 1.82) is 0 Å². The maximum absolute atomic E-state index is 12.4. The number of nitrogens with one attached hydrogen (secondary N) is 1. The molecule has 1 aromatic heterocycles. The molecule has 2 aromatic carbocycles. The zero-order valence-electron chi connectivity index (χ0n) is 17.9. The second kappa shape index (κ2) is 9.30. The topological polar surface area (TPSA) is 116 Å². The number of imidazole rings is 1.